The van der Waals surface area contributed by atoms with Gasteiger partial charge in [0.05, 0.1) is 6.67 Å². The fourth-order valence-electron chi connectivity index (χ4n) is 3.28. The molecule has 0 amide bonds. The second kappa shape index (κ2) is 6.04. The summed E-state index contributed by atoms with van der Waals surface area (Å²) in [4.78, 5) is 4.96. The van der Waals surface area contributed by atoms with Gasteiger partial charge in [0.2, 0.25) is 0 Å². The molecular formula is C16H25N3. The van der Waals surface area contributed by atoms with E-state index in [1.807, 2.05) is 0 Å². The third kappa shape index (κ3) is 3.35. The smallest absolute Gasteiger partial charge is 0.0507 e. The Hall–Kier alpha value is -0.900. The third-order valence-electron chi connectivity index (χ3n) is 4.27. The Morgan fingerprint density at radius 1 is 1.16 bits per heavy atom. The lowest BCUT2D eigenvalue weighted by atomic mass is 10.1. The molecule has 1 aromatic rings. The van der Waals surface area contributed by atoms with E-state index in [2.05, 4.69) is 40.4 Å². The molecule has 3 heteroatoms. The van der Waals surface area contributed by atoms with Crippen molar-refractivity contribution in [3.63, 3.8) is 0 Å². The number of hydrogen-bond donors (Lipinski definition) is 1. The Morgan fingerprint density at radius 2 is 1.95 bits per heavy atom. The molecule has 1 saturated heterocycles. The molecule has 1 heterocycles. The molecule has 1 fully saturated rings. The van der Waals surface area contributed by atoms with E-state index in [4.69, 9.17) is 0 Å². The van der Waals surface area contributed by atoms with E-state index in [9.17, 15) is 0 Å². The van der Waals surface area contributed by atoms with E-state index in [1.165, 1.54) is 37.9 Å². The lowest BCUT2D eigenvalue weighted by molar-refractivity contribution is 0.135. The van der Waals surface area contributed by atoms with Crippen LogP contribution in [-0.2, 0) is 19.4 Å². The van der Waals surface area contributed by atoms with Gasteiger partial charge in [-0.15, -0.1) is 0 Å². The predicted molar refractivity (Wildman–Crippen MR) is 79.2 cm³/mol. The number of piperazine rings is 1. The Labute approximate surface area is 116 Å². The summed E-state index contributed by atoms with van der Waals surface area (Å²) < 4.78 is 0. The normalized spacial score (nSPS) is 19.9. The van der Waals surface area contributed by atoms with Crippen LogP contribution >= 0.6 is 0 Å². The van der Waals surface area contributed by atoms with Gasteiger partial charge in [-0.1, -0.05) is 18.2 Å². The molecule has 0 spiro atoms. The lowest BCUT2D eigenvalue weighted by Gasteiger charge is -2.31. The number of aryl methyl sites for hydroxylation is 2. The lowest BCUT2D eigenvalue weighted by Crippen LogP contribution is -2.47. The number of fused-ring (bicyclic) bond motifs is 1. The molecule has 0 unspecified atom stereocenters. The van der Waals surface area contributed by atoms with Crippen LogP contribution in [0.2, 0.25) is 0 Å². The zero-order valence-electron chi connectivity index (χ0n) is 12.0. The highest BCUT2D eigenvalue weighted by molar-refractivity contribution is 5.35. The average Bonchev–Trinajstić information content (AvgIpc) is 2.87. The predicted octanol–water partition coefficient (Wildman–Crippen LogP) is 1.47. The van der Waals surface area contributed by atoms with Gasteiger partial charge in [0, 0.05) is 32.7 Å². The van der Waals surface area contributed by atoms with Gasteiger partial charge in [-0.3, -0.25) is 9.80 Å². The highest BCUT2D eigenvalue weighted by atomic mass is 15.3. The molecule has 0 radical (unpaired) electrons. The van der Waals surface area contributed by atoms with E-state index in [0.717, 1.165) is 26.3 Å². The molecule has 1 N–H and O–H groups in total. The standard InChI is InChI=1S/C16H25N3/c1-18(13-19-9-7-17-8-10-19)12-14-5-6-15-3-2-4-16(15)11-14/h5-6,11,17H,2-4,7-10,12-13H2,1H3. The van der Waals surface area contributed by atoms with Gasteiger partial charge < -0.3 is 5.32 Å². The summed E-state index contributed by atoms with van der Waals surface area (Å²) >= 11 is 0. The van der Waals surface area contributed by atoms with Crippen molar-refractivity contribution in [1.82, 2.24) is 15.1 Å². The largest absolute Gasteiger partial charge is 0.314 e. The van der Waals surface area contributed by atoms with Crippen molar-refractivity contribution in [2.45, 2.75) is 25.8 Å². The van der Waals surface area contributed by atoms with E-state index in [-0.39, 0.29) is 0 Å². The molecule has 3 rings (SSSR count). The topological polar surface area (TPSA) is 18.5 Å². The molecule has 0 atom stereocenters. The minimum Gasteiger partial charge on any atom is -0.314 e. The maximum atomic E-state index is 3.41. The van der Waals surface area contributed by atoms with Crippen LogP contribution in [0.3, 0.4) is 0 Å². The van der Waals surface area contributed by atoms with Crippen LogP contribution in [-0.4, -0.2) is 49.7 Å². The quantitative estimate of drug-likeness (QED) is 0.883. The fraction of sp³-hybridized carbons (Fsp3) is 0.625. The number of nitrogens with zero attached hydrogens (tertiary/aromatic N) is 2. The number of nitrogens with one attached hydrogen (secondary N) is 1. The van der Waals surface area contributed by atoms with E-state index in [0.29, 0.717) is 0 Å². The Morgan fingerprint density at radius 3 is 2.79 bits per heavy atom. The summed E-state index contributed by atoms with van der Waals surface area (Å²) in [6.45, 7) is 6.76. The molecular weight excluding hydrogens is 234 g/mol. The Balaban J connectivity index is 1.55. The maximum Gasteiger partial charge on any atom is 0.0507 e. The van der Waals surface area contributed by atoms with Crippen molar-refractivity contribution in [3.05, 3.63) is 34.9 Å². The molecule has 19 heavy (non-hydrogen) atoms. The number of hydrogen-bond acceptors (Lipinski definition) is 3. The fourth-order valence-corrected chi connectivity index (χ4v) is 3.28. The van der Waals surface area contributed by atoms with Crippen molar-refractivity contribution in [3.8, 4) is 0 Å². The summed E-state index contributed by atoms with van der Waals surface area (Å²) in [6.07, 6.45) is 3.91. The molecule has 0 saturated carbocycles. The number of benzene rings is 1. The summed E-state index contributed by atoms with van der Waals surface area (Å²) in [5.74, 6) is 0. The minimum absolute atomic E-state index is 1.07. The van der Waals surface area contributed by atoms with Crippen molar-refractivity contribution >= 4 is 0 Å². The second-order valence-corrected chi connectivity index (χ2v) is 5.98. The van der Waals surface area contributed by atoms with Crippen LogP contribution in [0.15, 0.2) is 18.2 Å². The highest BCUT2D eigenvalue weighted by Crippen LogP contribution is 2.23. The van der Waals surface area contributed by atoms with Gasteiger partial charge in [-0.2, -0.15) is 0 Å². The van der Waals surface area contributed by atoms with E-state index < -0.39 is 0 Å². The van der Waals surface area contributed by atoms with Crippen LogP contribution in [0.1, 0.15) is 23.1 Å². The average molecular weight is 259 g/mol. The second-order valence-electron chi connectivity index (χ2n) is 5.98. The molecule has 0 aromatic heterocycles. The summed E-state index contributed by atoms with van der Waals surface area (Å²) in [6, 6.07) is 7.09. The van der Waals surface area contributed by atoms with Gasteiger partial charge in [0.15, 0.2) is 0 Å². The first-order chi connectivity index (χ1) is 9.31. The van der Waals surface area contributed by atoms with Crippen LogP contribution < -0.4 is 5.32 Å². The first-order valence-corrected chi connectivity index (χ1v) is 7.53. The zero-order chi connectivity index (χ0) is 13.1. The molecule has 1 aliphatic carbocycles. The zero-order valence-corrected chi connectivity index (χ0v) is 12.0. The minimum atomic E-state index is 1.07. The van der Waals surface area contributed by atoms with Crippen LogP contribution in [0.4, 0.5) is 0 Å². The Bertz CT molecular complexity index is 424. The van der Waals surface area contributed by atoms with Crippen molar-refractivity contribution in [2.75, 3.05) is 39.9 Å². The van der Waals surface area contributed by atoms with Gasteiger partial charge >= 0.3 is 0 Å². The SMILES string of the molecule is CN(Cc1ccc2c(c1)CCC2)CN1CCNCC1. The highest BCUT2D eigenvalue weighted by Gasteiger charge is 2.14. The van der Waals surface area contributed by atoms with Crippen molar-refractivity contribution in [2.24, 2.45) is 0 Å². The summed E-state index contributed by atoms with van der Waals surface area (Å²) in [5, 5.41) is 3.41. The van der Waals surface area contributed by atoms with Gasteiger partial charge in [0.1, 0.15) is 0 Å². The van der Waals surface area contributed by atoms with Gasteiger partial charge in [-0.05, 0) is 43.0 Å². The molecule has 2 aliphatic rings. The molecule has 1 aromatic carbocycles. The van der Waals surface area contributed by atoms with Crippen molar-refractivity contribution < 1.29 is 0 Å². The van der Waals surface area contributed by atoms with Crippen LogP contribution in [0, 0.1) is 0 Å². The van der Waals surface area contributed by atoms with Gasteiger partial charge in [-0.25, -0.2) is 0 Å². The van der Waals surface area contributed by atoms with Crippen molar-refractivity contribution in [1.29, 1.82) is 0 Å². The summed E-state index contributed by atoms with van der Waals surface area (Å²) in [5.41, 5.74) is 4.64. The molecule has 0 bridgehead atoms. The first-order valence-electron chi connectivity index (χ1n) is 7.53. The third-order valence-corrected chi connectivity index (χ3v) is 4.27. The number of rotatable bonds is 4. The molecule has 1 aliphatic heterocycles. The summed E-state index contributed by atoms with van der Waals surface area (Å²) in [7, 11) is 2.23. The van der Waals surface area contributed by atoms with Gasteiger partial charge in [0.25, 0.3) is 0 Å². The van der Waals surface area contributed by atoms with Crippen LogP contribution in [0.5, 0.6) is 0 Å². The first kappa shape index (κ1) is 13.1. The molecule has 3 nitrogen and oxygen atoms in total. The van der Waals surface area contributed by atoms with E-state index >= 15 is 0 Å². The van der Waals surface area contributed by atoms with Crippen LogP contribution in [0.25, 0.3) is 0 Å². The Kier molecular flexibility index (Phi) is 4.16. The maximum absolute atomic E-state index is 3.41. The van der Waals surface area contributed by atoms with E-state index in [1.54, 1.807) is 11.1 Å². The molecule has 104 valence electrons. The monoisotopic (exact) mass is 259 g/mol.